The molecule has 0 amide bonds. The zero-order valence-electron chi connectivity index (χ0n) is 26.7. The lowest BCUT2D eigenvalue weighted by Gasteiger charge is -2.21. The highest BCUT2D eigenvalue weighted by molar-refractivity contribution is 6.24. The second-order valence-electron chi connectivity index (χ2n) is 12.7. The van der Waals surface area contributed by atoms with Crippen molar-refractivity contribution >= 4 is 37.9 Å². The van der Waals surface area contributed by atoms with Gasteiger partial charge >= 0.3 is 0 Å². The second kappa shape index (κ2) is 11.6. The van der Waals surface area contributed by atoms with Gasteiger partial charge in [0, 0.05) is 12.4 Å². The molecule has 1 aliphatic carbocycles. The molecule has 0 saturated heterocycles. The standard InChI is InChI=1S/C45H37N/c1-4-31-17-22-34(27-29(31)2)32-18-20-33(21-19-32)44-39-13-7-9-15-41(39)45(42-16-10-8-14-40(42)44)43-24-23-38(35-25-26-46-28-30(35)3)36-11-5-6-12-37(36)43/h5-16,18-28,31H,4,17H2,1-3H3. The molecule has 0 bridgehead atoms. The first-order valence-electron chi connectivity index (χ1n) is 16.5. The van der Waals surface area contributed by atoms with Crippen LogP contribution in [0.15, 0.2) is 145 Å². The minimum atomic E-state index is 0.673. The zero-order chi connectivity index (χ0) is 31.2. The van der Waals surface area contributed by atoms with Crippen molar-refractivity contribution in [3.05, 3.63) is 157 Å². The minimum Gasteiger partial charge on any atom is -0.264 e. The lowest BCUT2D eigenvalue weighted by atomic mass is 9.83. The van der Waals surface area contributed by atoms with Gasteiger partial charge in [-0.15, -0.1) is 0 Å². The lowest BCUT2D eigenvalue weighted by Crippen LogP contribution is -2.04. The van der Waals surface area contributed by atoms with Crippen molar-refractivity contribution in [1.29, 1.82) is 0 Å². The SMILES string of the molecule is CCC1CC=C(c2ccc(-c3c4ccccc4c(-c4ccc(-c5ccncc5C)c5ccccc45)c4ccccc34)cc2)C=C1C. The first-order chi connectivity index (χ1) is 22.6. The number of hydrogen-bond donors (Lipinski definition) is 0. The van der Waals surface area contributed by atoms with Crippen LogP contribution in [0.4, 0.5) is 0 Å². The number of pyridine rings is 1. The van der Waals surface area contributed by atoms with Gasteiger partial charge in [-0.2, -0.15) is 0 Å². The topological polar surface area (TPSA) is 12.9 Å². The first kappa shape index (κ1) is 28.2. The van der Waals surface area contributed by atoms with E-state index < -0.39 is 0 Å². The highest BCUT2D eigenvalue weighted by Crippen LogP contribution is 2.46. The zero-order valence-corrected chi connectivity index (χ0v) is 26.7. The number of aromatic nitrogens is 1. The fraction of sp³-hybridized carbons (Fsp3) is 0.133. The predicted molar refractivity (Wildman–Crippen MR) is 198 cm³/mol. The van der Waals surface area contributed by atoms with E-state index in [1.54, 1.807) is 0 Å². The number of nitrogens with zero attached hydrogens (tertiary/aromatic N) is 1. The van der Waals surface area contributed by atoms with Crippen molar-refractivity contribution in [3.8, 4) is 33.4 Å². The van der Waals surface area contributed by atoms with E-state index in [-0.39, 0.29) is 0 Å². The summed E-state index contributed by atoms with van der Waals surface area (Å²) in [5, 5.41) is 7.63. The van der Waals surface area contributed by atoms with E-state index >= 15 is 0 Å². The molecule has 1 heterocycles. The number of fused-ring (bicyclic) bond motifs is 3. The molecule has 1 heteroatoms. The Kier molecular flexibility index (Phi) is 7.11. The molecule has 8 rings (SSSR count). The van der Waals surface area contributed by atoms with Crippen molar-refractivity contribution in [3.63, 3.8) is 0 Å². The molecule has 6 aromatic carbocycles. The Balaban J connectivity index is 1.34. The van der Waals surface area contributed by atoms with Crippen LogP contribution in [0.25, 0.3) is 71.3 Å². The Morgan fingerprint density at radius 3 is 1.70 bits per heavy atom. The molecule has 0 fully saturated rings. The molecule has 7 aromatic rings. The third-order valence-corrected chi connectivity index (χ3v) is 10.1. The fourth-order valence-corrected chi connectivity index (χ4v) is 7.65. The summed E-state index contributed by atoms with van der Waals surface area (Å²) in [5.74, 6) is 0.673. The maximum absolute atomic E-state index is 4.35. The maximum Gasteiger partial charge on any atom is 0.0303 e. The molecule has 0 N–H and O–H groups in total. The van der Waals surface area contributed by atoms with Gasteiger partial charge in [-0.05, 0) is 121 Å². The maximum atomic E-state index is 4.35. The molecule has 1 aromatic heterocycles. The summed E-state index contributed by atoms with van der Waals surface area (Å²) in [7, 11) is 0. The van der Waals surface area contributed by atoms with Gasteiger partial charge < -0.3 is 0 Å². The van der Waals surface area contributed by atoms with Gasteiger partial charge in [0.15, 0.2) is 0 Å². The third kappa shape index (κ3) is 4.66. The Morgan fingerprint density at radius 1 is 0.565 bits per heavy atom. The third-order valence-electron chi connectivity index (χ3n) is 10.1. The van der Waals surface area contributed by atoms with Crippen LogP contribution in [0.3, 0.4) is 0 Å². The Morgan fingerprint density at radius 2 is 1.11 bits per heavy atom. The van der Waals surface area contributed by atoms with E-state index in [0.29, 0.717) is 5.92 Å². The summed E-state index contributed by atoms with van der Waals surface area (Å²) in [6.07, 6.45) is 11.0. The van der Waals surface area contributed by atoms with Crippen LogP contribution in [-0.2, 0) is 0 Å². The summed E-state index contributed by atoms with van der Waals surface area (Å²) in [6, 6.07) is 42.8. The summed E-state index contributed by atoms with van der Waals surface area (Å²) < 4.78 is 0. The molecule has 0 radical (unpaired) electrons. The molecule has 0 aliphatic heterocycles. The van der Waals surface area contributed by atoms with Crippen molar-refractivity contribution in [1.82, 2.24) is 4.98 Å². The predicted octanol–water partition coefficient (Wildman–Crippen LogP) is 12.6. The quantitative estimate of drug-likeness (QED) is 0.181. The number of aryl methyl sites for hydroxylation is 1. The molecular formula is C45H37N. The van der Waals surface area contributed by atoms with Crippen molar-refractivity contribution < 1.29 is 0 Å². The van der Waals surface area contributed by atoms with E-state index in [0.717, 1.165) is 6.42 Å². The average Bonchev–Trinajstić information content (AvgIpc) is 3.11. The smallest absolute Gasteiger partial charge is 0.0303 e. The van der Waals surface area contributed by atoms with Gasteiger partial charge in [0.1, 0.15) is 0 Å². The Bertz CT molecular complexity index is 2280. The number of benzene rings is 6. The van der Waals surface area contributed by atoms with Crippen molar-refractivity contribution in [2.24, 2.45) is 5.92 Å². The van der Waals surface area contributed by atoms with Gasteiger partial charge in [-0.1, -0.05) is 134 Å². The van der Waals surface area contributed by atoms with Gasteiger partial charge in [-0.3, -0.25) is 4.98 Å². The minimum absolute atomic E-state index is 0.673. The van der Waals surface area contributed by atoms with E-state index in [9.17, 15) is 0 Å². The summed E-state index contributed by atoms with van der Waals surface area (Å²) in [5.41, 5.74) is 12.9. The lowest BCUT2D eigenvalue weighted by molar-refractivity contribution is 0.596. The van der Waals surface area contributed by atoms with Crippen LogP contribution in [0.2, 0.25) is 0 Å². The van der Waals surface area contributed by atoms with E-state index in [4.69, 9.17) is 0 Å². The van der Waals surface area contributed by atoms with Crippen LogP contribution in [0.5, 0.6) is 0 Å². The van der Waals surface area contributed by atoms with Crippen LogP contribution >= 0.6 is 0 Å². The summed E-state index contributed by atoms with van der Waals surface area (Å²) in [6.45, 7) is 6.71. The molecule has 1 nitrogen and oxygen atoms in total. The van der Waals surface area contributed by atoms with Crippen LogP contribution in [0.1, 0.15) is 37.8 Å². The molecule has 46 heavy (non-hydrogen) atoms. The van der Waals surface area contributed by atoms with Crippen LogP contribution < -0.4 is 0 Å². The fourth-order valence-electron chi connectivity index (χ4n) is 7.65. The average molecular weight is 592 g/mol. The summed E-state index contributed by atoms with van der Waals surface area (Å²) >= 11 is 0. The van der Waals surface area contributed by atoms with Crippen LogP contribution in [-0.4, -0.2) is 4.98 Å². The van der Waals surface area contributed by atoms with Gasteiger partial charge in [-0.25, -0.2) is 0 Å². The van der Waals surface area contributed by atoms with E-state index in [2.05, 4.69) is 153 Å². The molecule has 1 atom stereocenters. The van der Waals surface area contributed by atoms with Crippen molar-refractivity contribution in [2.75, 3.05) is 0 Å². The van der Waals surface area contributed by atoms with E-state index in [1.807, 2.05) is 12.4 Å². The van der Waals surface area contributed by atoms with Gasteiger partial charge in [0.25, 0.3) is 0 Å². The van der Waals surface area contributed by atoms with Crippen LogP contribution in [0, 0.1) is 12.8 Å². The van der Waals surface area contributed by atoms with Gasteiger partial charge in [0.2, 0.25) is 0 Å². The molecule has 1 unspecified atom stereocenters. The normalized spacial score (nSPS) is 14.9. The second-order valence-corrected chi connectivity index (χ2v) is 12.7. The number of rotatable bonds is 5. The van der Waals surface area contributed by atoms with Gasteiger partial charge in [0.05, 0.1) is 0 Å². The molecule has 0 saturated carbocycles. The largest absolute Gasteiger partial charge is 0.264 e. The number of allylic oxidation sites excluding steroid dienone is 4. The Hall–Kier alpha value is -5.27. The van der Waals surface area contributed by atoms with Crippen molar-refractivity contribution in [2.45, 2.75) is 33.6 Å². The monoisotopic (exact) mass is 591 g/mol. The Labute approximate surface area is 271 Å². The summed E-state index contributed by atoms with van der Waals surface area (Å²) in [4.78, 5) is 4.35. The first-order valence-corrected chi connectivity index (χ1v) is 16.5. The van der Waals surface area contributed by atoms with E-state index in [1.165, 1.54) is 94.4 Å². The number of hydrogen-bond acceptors (Lipinski definition) is 1. The highest BCUT2D eigenvalue weighted by Gasteiger charge is 2.20. The molecule has 222 valence electrons. The molecular weight excluding hydrogens is 555 g/mol. The molecule has 1 aliphatic rings. The molecule has 0 spiro atoms. The highest BCUT2D eigenvalue weighted by atomic mass is 14.6.